The van der Waals surface area contributed by atoms with Gasteiger partial charge in [0.2, 0.25) is 0 Å². The third kappa shape index (κ3) is 3.09. The molecular formula is C11H14O3. The van der Waals surface area contributed by atoms with E-state index in [2.05, 4.69) is 11.7 Å². The van der Waals surface area contributed by atoms with E-state index in [-0.39, 0.29) is 0 Å². The van der Waals surface area contributed by atoms with E-state index in [1.807, 2.05) is 12.1 Å². The molecule has 0 aliphatic rings. The zero-order chi connectivity index (χ0) is 10.4. The molecule has 1 rings (SSSR count). The predicted molar refractivity (Wildman–Crippen MR) is 53.7 cm³/mol. The lowest BCUT2D eigenvalue weighted by Gasteiger charge is -2.06. The Bertz CT molecular complexity index is 307. The van der Waals surface area contributed by atoms with Crippen molar-refractivity contribution in [3.8, 4) is 5.75 Å². The van der Waals surface area contributed by atoms with E-state index in [9.17, 15) is 4.79 Å². The van der Waals surface area contributed by atoms with Gasteiger partial charge in [-0.1, -0.05) is 31.5 Å². The van der Waals surface area contributed by atoms with Crippen molar-refractivity contribution in [3.05, 3.63) is 29.8 Å². The molecular weight excluding hydrogens is 180 g/mol. The van der Waals surface area contributed by atoms with Crippen molar-refractivity contribution in [2.45, 2.75) is 26.2 Å². The number of unbranched alkanes of at least 4 members (excludes halogenated alkanes) is 1. The monoisotopic (exact) mass is 194 g/mol. The number of para-hydroxylation sites is 1. The van der Waals surface area contributed by atoms with Crippen molar-refractivity contribution in [2.24, 2.45) is 0 Å². The van der Waals surface area contributed by atoms with Crippen molar-refractivity contribution >= 4 is 6.16 Å². The average Bonchev–Trinajstić information content (AvgIpc) is 2.16. The summed E-state index contributed by atoms with van der Waals surface area (Å²) < 4.78 is 4.66. The summed E-state index contributed by atoms with van der Waals surface area (Å²) in [6, 6.07) is 7.24. The number of ether oxygens (including phenoxy) is 1. The number of carboxylic acid groups (broad SMARTS) is 1. The second-order valence-corrected chi connectivity index (χ2v) is 3.08. The van der Waals surface area contributed by atoms with E-state index in [4.69, 9.17) is 5.11 Å². The molecule has 0 bridgehead atoms. The quantitative estimate of drug-likeness (QED) is 0.591. The van der Waals surface area contributed by atoms with E-state index in [1.165, 1.54) is 0 Å². The Labute approximate surface area is 83.3 Å². The molecule has 0 saturated heterocycles. The van der Waals surface area contributed by atoms with Crippen LogP contribution in [0.15, 0.2) is 24.3 Å². The van der Waals surface area contributed by atoms with Crippen molar-refractivity contribution in [1.82, 2.24) is 0 Å². The molecule has 1 N–H and O–H groups in total. The Kier molecular flexibility index (Phi) is 3.98. The standard InChI is InChI=1S/C11H14O3/c1-2-3-6-9-7-4-5-8-10(9)14-11(12)13/h4-5,7-8H,2-3,6H2,1H3,(H,12,13). The zero-order valence-electron chi connectivity index (χ0n) is 8.19. The summed E-state index contributed by atoms with van der Waals surface area (Å²) in [5.74, 6) is 0.452. The Morgan fingerprint density at radius 2 is 2.14 bits per heavy atom. The zero-order valence-corrected chi connectivity index (χ0v) is 8.19. The highest BCUT2D eigenvalue weighted by atomic mass is 16.7. The topological polar surface area (TPSA) is 46.5 Å². The summed E-state index contributed by atoms with van der Waals surface area (Å²) in [5, 5.41) is 8.49. The van der Waals surface area contributed by atoms with E-state index in [0.717, 1.165) is 24.8 Å². The van der Waals surface area contributed by atoms with Gasteiger partial charge in [0.05, 0.1) is 0 Å². The van der Waals surface area contributed by atoms with Crippen LogP contribution in [0.4, 0.5) is 4.79 Å². The number of hydrogen-bond donors (Lipinski definition) is 1. The smallest absolute Gasteiger partial charge is 0.449 e. The Balaban J connectivity index is 2.74. The Morgan fingerprint density at radius 3 is 2.79 bits per heavy atom. The second-order valence-electron chi connectivity index (χ2n) is 3.08. The summed E-state index contributed by atoms with van der Waals surface area (Å²) in [5.41, 5.74) is 0.955. The van der Waals surface area contributed by atoms with Gasteiger partial charge in [-0.2, -0.15) is 0 Å². The summed E-state index contributed by atoms with van der Waals surface area (Å²) in [7, 11) is 0. The maximum Gasteiger partial charge on any atom is 0.511 e. The summed E-state index contributed by atoms with van der Waals surface area (Å²) in [6.45, 7) is 2.10. The first-order valence-corrected chi connectivity index (χ1v) is 4.72. The van der Waals surface area contributed by atoms with Crippen LogP contribution >= 0.6 is 0 Å². The molecule has 0 spiro atoms. The van der Waals surface area contributed by atoms with Gasteiger partial charge in [0.1, 0.15) is 5.75 Å². The van der Waals surface area contributed by atoms with Gasteiger partial charge in [0.15, 0.2) is 0 Å². The molecule has 0 heterocycles. The van der Waals surface area contributed by atoms with Crippen LogP contribution in [-0.4, -0.2) is 11.3 Å². The molecule has 0 saturated carbocycles. The average molecular weight is 194 g/mol. The molecule has 0 aliphatic heterocycles. The number of benzene rings is 1. The third-order valence-corrected chi connectivity index (χ3v) is 1.97. The normalized spacial score (nSPS) is 9.79. The van der Waals surface area contributed by atoms with Crippen LogP contribution in [0.25, 0.3) is 0 Å². The molecule has 0 aliphatic carbocycles. The molecule has 0 fully saturated rings. The SMILES string of the molecule is CCCCc1ccccc1OC(=O)O. The van der Waals surface area contributed by atoms with E-state index < -0.39 is 6.16 Å². The first-order chi connectivity index (χ1) is 6.74. The summed E-state index contributed by atoms with van der Waals surface area (Å²) in [4.78, 5) is 10.4. The van der Waals surface area contributed by atoms with Crippen molar-refractivity contribution in [1.29, 1.82) is 0 Å². The van der Waals surface area contributed by atoms with Crippen LogP contribution in [-0.2, 0) is 6.42 Å². The van der Waals surface area contributed by atoms with Gasteiger partial charge in [-0.25, -0.2) is 4.79 Å². The predicted octanol–water partition coefficient (Wildman–Crippen LogP) is 3.09. The molecule has 0 aromatic heterocycles. The minimum Gasteiger partial charge on any atom is -0.449 e. The molecule has 0 radical (unpaired) electrons. The molecule has 3 nitrogen and oxygen atoms in total. The molecule has 3 heteroatoms. The highest BCUT2D eigenvalue weighted by Crippen LogP contribution is 2.19. The van der Waals surface area contributed by atoms with Crippen LogP contribution in [0.3, 0.4) is 0 Å². The minimum absolute atomic E-state index is 0.452. The lowest BCUT2D eigenvalue weighted by atomic mass is 10.1. The maximum atomic E-state index is 10.4. The van der Waals surface area contributed by atoms with Gasteiger partial charge < -0.3 is 9.84 Å². The molecule has 1 aromatic rings. The van der Waals surface area contributed by atoms with Gasteiger partial charge in [-0.3, -0.25) is 0 Å². The third-order valence-electron chi connectivity index (χ3n) is 1.97. The molecule has 0 unspecified atom stereocenters. The largest absolute Gasteiger partial charge is 0.511 e. The van der Waals surface area contributed by atoms with Crippen LogP contribution in [0, 0.1) is 0 Å². The van der Waals surface area contributed by atoms with Gasteiger partial charge >= 0.3 is 6.16 Å². The van der Waals surface area contributed by atoms with Gasteiger partial charge in [0.25, 0.3) is 0 Å². The molecule has 0 amide bonds. The van der Waals surface area contributed by atoms with Gasteiger partial charge in [-0.05, 0) is 24.5 Å². The van der Waals surface area contributed by atoms with Crippen molar-refractivity contribution < 1.29 is 14.6 Å². The maximum absolute atomic E-state index is 10.4. The van der Waals surface area contributed by atoms with Crippen molar-refractivity contribution in [2.75, 3.05) is 0 Å². The second kappa shape index (κ2) is 5.27. The Morgan fingerprint density at radius 1 is 1.43 bits per heavy atom. The number of hydrogen-bond acceptors (Lipinski definition) is 2. The lowest BCUT2D eigenvalue weighted by molar-refractivity contribution is 0.144. The molecule has 0 atom stereocenters. The van der Waals surface area contributed by atoms with Crippen LogP contribution in [0.1, 0.15) is 25.3 Å². The van der Waals surface area contributed by atoms with Crippen LogP contribution in [0.2, 0.25) is 0 Å². The van der Waals surface area contributed by atoms with E-state index in [0.29, 0.717) is 5.75 Å². The van der Waals surface area contributed by atoms with Crippen LogP contribution < -0.4 is 4.74 Å². The first kappa shape index (κ1) is 10.6. The highest BCUT2D eigenvalue weighted by molar-refractivity contribution is 5.62. The summed E-state index contributed by atoms with van der Waals surface area (Å²) in [6.07, 6.45) is 1.73. The van der Waals surface area contributed by atoms with Gasteiger partial charge in [0, 0.05) is 0 Å². The van der Waals surface area contributed by atoms with Crippen molar-refractivity contribution in [3.63, 3.8) is 0 Å². The van der Waals surface area contributed by atoms with E-state index in [1.54, 1.807) is 12.1 Å². The molecule has 1 aromatic carbocycles. The number of aryl methyl sites for hydroxylation is 1. The number of carbonyl (C=O) groups is 1. The molecule has 76 valence electrons. The first-order valence-electron chi connectivity index (χ1n) is 4.72. The summed E-state index contributed by atoms with van der Waals surface area (Å²) >= 11 is 0. The van der Waals surface area contributed by atoms with Crippen LogP contribution in [0.5, 0.6) is 5.75 Å². The fraction of sp³-hybridized carbons (Fsp3) is 0.364. The minimum atomic E-state index is -1.26. The highest BCUT2D eigenvalue weighted by Gasteiger charge is 2.05. The lowest BCUT2D eigenvalue weighted by Crippen LogP contribution is -2.05. The fourth-order valence-corrected chi connectivity index (χ4v) is 1.27. The van der Waals surface area contributed by atoms with Gasteiger partial charge in [-0.15, -0.1) is 0 Å². The Hall–Kier alpha value is -1.51. The van der Waals surface area contributed by atoms with E-state index >= 15 is 0 Å². The number of rotatable bonds is 4. The fourth-order valence-electron chi connectivity index (χ4n) is 1.27. The molecule has 14 heavy (non-hydrogen) atoms.